The molecule has 0 atom stereocenters. The number of furan rings is 1. The molecule has 6 aromatic rings. The number of aromatic nitrogens is 2. The molecular weight excluding hydrogens is 709 g/mol. The molecule has 0 amide bonds. The van der Waals surface area contributed by atoms with Crippen molar-refractivity contribution in [2.24, 2.45) is 0 Å². The van der Waals surface area contributed by atoms with Crippen LogP contribution >= 0.6 is 0 Å². The molecule has 0 aliphatic heterocycles. The SMILES string of the molecule is C[Si](C)(C)c1cccc2oc3c(-c4cc(C5CCCC5)ccn4)[c-]ccc3c12.Cc1ccc(-c2[c-]cccc2)nc1.[Ir]. The van der Waals surface area contributed by atoms with Gasteiger partial charge in [-0.15, -0.1) is 54.1 Å². The van der Waals surface area contributed by atoms with Crippen LogP contribution in [0.4, 0.5) is 0 Å². The summed E-state index contributed by atoms with van der Waals surface area (Å²) in [6.45, 7) is 9.21. The second-order valence-corrected chi connectivity index (χ2v) is 17.1. The summed E-state index contributed by atoms with van der Waals surface area (Å²) in [5, 5.41) is 3.92. The maximum atomic E-state index is 6.39. The van der Waals surface area contributed by atoms with Gasteiger partial charge in [0.15, 0.2) is 0 Å². The molecular formula is C37H36IrN2OSi-2. The molecule has 3 nitrogen and oxygen atoms in total. The average Bonchev–Trinajstić information content (AvgIpc) is 3.66. The Balaban J connectivity index is 0.000000212. The van der Waals surface area contributed by atoms with E-state index in [0.717, 1.165) is 33.7 Å². The molecule has 0 spiro atoms. The van der Waals surface area contributed by atoms with E-state index < -0.39 is 8.07 Å². The van der Waals surface area contributed by atoms with E-state index >= 15 is 0 Å². The topological polar surface area (TPSA) is 38.9 Å². The minimum absolute atomic E-state index is 0. The van der Waals surface area contributed by atoms with Crippen LogP contribution in [0.5, 0.6) is 0 Å². The summed E-state index contributed by atoms with van der Waals surface area (Å²) in [6, 6.07) is 33.6. The van der Waals surface area contributed by atoms with E-state index in [-0.39, 0.29) is 20.1 Å². The van der Waals surface area contributed by atoms with Crippen LogP contribution in [0.25, 0.3) is 44.5 Å². The van der Waals surface area contributed by atoms with Gasteiger partial charge in [-0.25, -0.2) is 0 Å². The quantitative estimate of drug-likeness (QED) is 0.133. The molecule has 3 aromatic heterocycles. The molecule has 215 valence electrons. The minimum atomic E-state index is -1.49. The van der Waals surface area contributed by atoms with Crippen LogP contribution in [0.3, 0.4) is 0 Å². The Morgan fingerprint density at radius 1 is 0.833 bits per heavy atom. The third-order valence-electron chi connectivity index (χ3n) is 8.03. The summed E-state index contributed by atoms with van der Waals surface area (Å²) in [4.78, 5) is 9.01. The van der Waals surface area contributed by atoms with E-state index in [4.69, 9.17) is 4.42 Å². The van der Waals surface area contributed by atoms with E-state index in [1.807, 2.05) is 55.7 Å². The van der Waals surface area contributed by atoms with E-state index in [9.17, 15) is 0 Å². The maximum absolute atomic E-state index is 6.39. The van der Waals surface area contributed by atoms with Crippen LogP contribution in [0.15, 0.2) is 95.7 Å². The number of pyridine rings is 2. The third-order valence-corrected chi connectivity index (χ3v) is 10.1. The van der Waals surface area contributed by atoms with Crippen LogP contribution in [-0.4, -0.2) is 18.0 Å². The van der Waals surface area contributed by atoms with Crippen molar-refractivity contribution >= 4 is 35.2 Å². The van der Waals surface area contributed by atoms with Gasteiger partial charge in [0.25, 0.3) is 0 Å². The van der Waals surface area contributed by atoms with Gasteiger partial charge in [0, 0.05) is 37.9 Å². The van der Waals surface area contributed by atoms with Crippen molar-refractivity contribution in [3.05, 3.63) is 115 Å². The van der Waals surface area contributed by atoms with Crippen molar-refractivity contribution in [1.29, 1.82) is 0 Å². The first-order chi connectivity index (χ1) is 19.9. The molecule has 1 radical (unpaired) electrons. The second kappa shape index (κ2) is 12.9. The molecule has 1 saturated carbocycles. The van der Waals surface area contributed by atoms with E-state index in [0.29, 0.717) is 5.92 Å². The third kappa shape index (κ3) is 6.34. The van der Waals surface area contributed by atoms with E-state index in [1.54, 1.807) is 0 Å². The number of aryl methyl sites for hydroxylation is 1. The van der Waals surface area contributed by atoms with E-state index in [1.165, 1.54) is 52.8 Å². The second-order valence-electron chi connectivity index (χ2n) is 12.1. The van der Waals surface area contributed by atoms with Gasteiger partial charge in [0.05, 0.1) is 13.7 Å². The average molecular weight is 745 g/mol. The predicted octanol–water partition coefficient (Wildman–Crippen LogP) is 9.51. The fourth-order valence-electron chi connectivity index (χ4n) is 5.88. The normalized spacial score (nSPS) is 13.5. The van der Waals surface area contributed by atoms with Gasteiger partial charge in [-0.2, -0.15) is 0 Å². The number of benzene rings is 3. The summed E-state index contributed by atoms with van der Waals surface area (Å²) in [5.74, 6) is 0.676. The first-order valence-electron chi connectivity index (χ1n) is 14.6. The molecule has 7 rings (SSSR count). The molecule has 1 aliphatic rings. The smallest absolute Gasteiger partial charge is 0.120 e. The molecule has 0 bridgehead atoms. The minimum Gasteiger partial charge on any atom is -0.501 e. The van der Waals surface area contributed by atoms with Crippen LogP contribution in [0.2, 0.25) is 19.6 Å². The molecule has 1 fully saturated rings. The molecule has 42 heavy (non-hydrogen) atoms. The first kappa shape index (κ1) is 30.1. The summed E-state index contributed by atoms with van der Waals surface area (Å²) in [7, 11) is -1.49. The molecule has 0 unspecified atom stereocenters. The fraction of sp³-hybridized carbons (Fsp3) is 0.243. The molecule has 3 heterocycles. The van der Waals surface area contributed by atoms with Gasteiger partial charge in [-0.1, -0.05) is 84.5 Å². The largest absolute Gasteiger partial charge is 0.501 e. The van der Waals surface area contributed by atoms with Crippen molar-refractivity contribution < 1.29 is 24.5 Å². The Labute approximate surface area is 263 Å². The molecule has 3 aromatic carbocycles. The zero-order valence-corrected chi connectivity index (χ0v) is 28.1. The van der Waals surface area contributed by atoms with Crippen LogP contribution in [0.1, 0.15) is 42.7 Å². The van der Waals surface area contributed by atoms with Gasteiger partial charge in [0.2, 0.25) is 0 Å². The molecule has 5 heteroatoms. The summed E-state index contributed by atoms with van der Waals surface area (Å²) >= 11 is 0. The van der Waals surface area contributed by atoms with Crippen LogP contribution in [0, 0.1) is 19.1 Å². The van der Waals surface area contributed by atoms with Gasteiger partial charge < -0.3 is 14.4 Å². The monoisotopic (exact) mass is 745 g/mol. The Bertz CT molecular complexity index is 1780. The molecule has 1 aliphatic carbocycles. The van der Waals surface area contributed by atoms with Crippen molar-refractivity contribution in [2.75, 3.05) is 0 Å². The zero-order chi connectivity index (χ0) is 28.4. The van der Waals surface area contributed by atoms with Crippen molar-refractivity contribution in [2.45, 2.75) is 58.2 Å². The van der Waals surface area contributed by atoms with E-state index in [2.05, 4.69) is 84.2 Å². The maximum Gasteiger partial charge on any atom is 0.120 e. The van der Waals surface area contributed by atoms with Crippen LogP contribution < -0.4 is 5.19 Å². The van der Waals surface area contributed by atoms with Gasteiger partial charge >= 0.3 is 0 Å². The summed E-state index contributed by atoms with van der Waals surface area (Å²) in [5.41, 5.74) is 8.46. The number of rotatable bonds is 4. The first-order valence-corrected chi connectivity index (χ1v) is 18.1. The fourth-order valence-corrected chi connectivity index (χ4v) is 7.49. The van der Waals surface area contributed by atoms with Crippen molar-refractivity contribution in [1.82, 2.24) is 9.97 Å². The molecule has 0 N–H and O–H groups in total. The number of hydrogen-bond donors (Lipinski definition) is 0. The van der Waals surface area contributed by atoms with Crippen molar-refractivity contribution in [3.8, 4) is 22.5 Å². The number of fused-ring (bicyclic) bond motifs is 3. The Hall–Kier alpha value is -3.37. The standard InChI is InChI=1S/C25H26NOSi.C12H10N.Ir/c1-28(2,3)23-13-7-12-22-24(23)20-11-6-10-19(25(20)27-22)21-16-18(14-15-26-21)17-8-4-5-9-17;1-10-7-8-12(13-9-10)11-5-3-2-4-6-11;/h6-7,11-17H,4-5,8-9H2,1-3H3;2-5,7-9H,1H3;/q2*-1;. The Kier molecular flexibility index (Phi) is 9.22. The Morgan fingerprint density at radius 3 is 2.38 bits per heavy atom. The number of hydrogen-bond acceptors (Lipinski definition) is 3. The molecule has 0 saturated heterocycles. The summed E-state index contributed by atoms with van der Waals surface area (Å²) in [6.07, 6.45) is 9.09. The van der Waals surface area contributed by atoms with Crippen LogP contribution in [-0.2, 0) is 20.1 Å². The van der Waals surface area contributed by atoms with Crippen molar-refractivity contribution in [3.63, 3.8) is 0 Å². The zero-order valence-electron chi connectivity index (χ0n) is 24.7. The number of nitrogens with zero attached hydrogens (tertiary/aromatic N) is 2. The Morgan fingerprint density at radius 2 is 1.67 bits per heavy atom. The predicted molar refractivity (Wildman–Crippen MR) is 173 cm³/mol. The van der Waals surface area contributed by atoms with Gasteiger partial charge in [0.1, 0.15) is 5.58 Å². The van der Waals surface area contributed by atoms with Gasteiger partial charge in [-0.3, -0.25) is 0 Å². The summed E-state index contributed by atoms with van der Waals surface area (Å²) < 4.78 is 6.39. The van der Waals surface area contributed by atoms with Gasteiger partial charge in [-0.05, 0) is 54.8 Å².